The summed E-state index contributed by atoms with van der Waals surface area (Å²) in [7, 11) is -4.00. The van der Waals surface area contributed by atoms with Crippen LogP contribution in [0.15, 0.2) is 53.7 Å². The van der Waals surface area contributed by atoms with E-state index in [0.29, 0.717) is 12.4 Å². The minimum atomic E-state index is -4.00. The third-order valence-corrected chi connectivity index (χ3v) is 6.34. The van der Waals surface area contributed by atoms with Crippen LogP contribution in [0.2, 0.25) is 0 Å². The van der Waals surface area contributed by atoms with Crippen LogP contribution in [-0.4, -0.2) is 53.6 Å². The highest BCUT2D eigenvalue weighted by Crippen LogP contribution is 2.27. The zero-order valence-electron chi connectivity index (χ0n) is 15.6. The monoisotopic (exact) mass is 406 g/mol. The molecule has 1 saturated heterocycles. The number of ether oxygens (including phenoxy) is 2. The number of hydrogen-bond donors (Lipinski definition) is 1. The number of carboxylic acids is 1. The van der Waals surface area contributed by atoms with Gasteiger partial charge in [0.05, 0.1) is 17.1 Å². The predicted octanol–water partition coefficient (Wildman–Crippen LogP) is 1.91. The van der Waals surface area contributed by atoms with Crippen molar-refractivity contribution >= 4 is 16.0 Å². The Bertz CT molecular complexity index is 917. The first-order valence-electron chi connectivity index (χ1n) is 8.81. The molecule has 0 aliphatic carbocycles. The number of nitrogens with zero attached hydrogens (tertiary/aromatic N) is 2. The van der Waals surface area contributed by atoms with Crippen molar-refractivity contribution in [2.75, 3.05) is 6.54 Å². The molecule has 1 aromatic heterocycles. The van der Waals surface area contributed by atoms with Crippen LogP contribution in [0.25, 0.3) is 0 Å². The molecule has 0 amide bonds. The Morgan fingerprint density at radius 1 is 1.21 bits per heavy atom. The molecule has 28 heavy (non-hydrogen) atoms. The summed E-state index contributed by atoms with van der Waals surface area (Å²) >= 11 is 0. The summed E-state index contributed by atoms with van der Waals surface area (Å²) in [6.07, 6.45) is 2.18. The Kier molecular flexibility index (Phi) is 5.97. The van der Waals surface area contributed by atoms with E-state index in [1.165, 1.54) is 12.1 Å². The van der Waals surface area contributed by atoms with E-state index >= 15 is 0 Å². The molecule has 1 fully saturated rings. The number of pyridine rings is 1. The van der Waals surface area contributed by atoms with Gasteiger partial charge in [0.1, 0.15) is 18.4 Å². The molecule has 1 aromatic carbocycles. The molecule has 0 radical (unpaired) electrons. The van der Waals surface area contributed by atoms with Gasteiger partial charge in [-0.3, -0.25) is 9.78 Å². The molecule has 150 valence electrons. The smallest absolute Gasteiger partial charge is 0.324 e. The van der Waals surface area contributed by atoms with Gasteiger partial charge < -0.3 is 14.6 Å². The molecule has 1 N–H and O–H groups in total. The van der Waals surface area contributed by atoms with E-state index in [1.54, 1.807) is 38.4 Å². The van der Waals surface area contributed by atoms with Gasteiger partial charge >= 0.3 is 5.97 Å². The summed E-state index contributed by atoms with van der Waals surface area (Å²) in [6.45, 7) is 3.58. The maximum absolute atomic E-state index is 13.0. The molecule has 1 aliphatic heterocycles. The summed E-state index contributed by atoms with van der Waals surface area (Å²) in [5, 5.41) is 9.49. The highest BCUT2D eigenvalue weighted by molar-refractivity contribution is 7.89. The van der Waals surface area contributed by atoms with Gasteiger partial charge in [-0.2, -0.15) is 4.31 Å². The Balaban J connectivity index is 1.78. The molecule has 3 rings (SSSR count). The Morgan fingerprint density at radius 3 is 2.46 bits per heavy atom. The van der Waals surface area contributed by atoms with Gasteiger partial charge in [0.2, 0.25) is 10.0 Å². The molecule has 9 heteroatoms. The third kappa shape index (κ3) is 4.32. The summed E-state index contributed by atoms with van der Waals surface area (Å²) in [4.78, 5) is 15.6. The number of carboxylic acid groups (broad SMARTS) is 1. The Labute approximate surface area is 163 Å². The number of aliphatic carboxylic acids is 1. The van der Waals surface area contributed by atoms with Gasteiger partial charge in [0.25, 0.3) is 0 Å². The molecule has 2 aromatic rings. The van der Waals surface area contributed by atoms with E-state index in [1.807, 2.05) is 12.1 Å². The average molecular weight is 406 g/mol. The number of hydrogen-bond acceptors (Lipinski definition) is 6. The first-order valence-corrected chi connectivity index (χ1v) is 10.2. The van der Waals surface area contributed by atoms with Gasteiger partial charge in [0, 0.05) is 18.9 Å². The molecule has 0 bridgehead atoms. The van der Waals surface area contributed by atoms with Crippen LogP contribution >= 0.6 is 0 Å². The highest BCUT2D eigenvalue weighted by Gasteiger charge is 2.44. The van der Waals surface area contributed by atoms with Crippen molar-refractivity contribution in [3.63, 3.8) is 0 Å². The van der Waals surface area contributed by atoms with Crippen molar-refractivity contribution in [2.45, 2.75) is 43.6 Å². The fourth-order valence-corrected chi connectivity index (χ4v) is 4.86. The molecule has 3 unspecified atom stereocenters. The molecule has 1 aliphatic rings. The lowest BCUT2D eigenvalue weighted by atomic mass is 10.1. The van der Waals surface area contributed by atoms with Crippen LogP contribution < -0.4 is 4.74 Å². The molecule has 0 spiro atoms. The SMILES string of the molecule is CC1CN(S(=O)(=O)c2ccc(OCc3ccncc3)cc2)C(C(=O)O)C(C)O1. The van der Waals surface area contributed by atoms with Crippen molar-refractivity contribution in [3.8, 4) is 5.75 Å². The second-order valence-corrected chi connectivity index (χ2v) is 8.52. The van der Waals surface area contributed by atoms with E-state index < -0.39 is 34.2 Å². The molecule has 2 heterocycles. The fourth-order valence-electron chi connectivity index (χ4n) is 3.15. The van der Waals surface area contributed by atoms with Gasteiger partial charge in [-0.1, -0.05) is 0 Å². The first kappa shape index (κ1) is 20.2. The lowest BCUT2D eigenvalue weighted by Gasteiger charge is -2.39. The van der Waals surface area contributed by atoms with Gasteiger partial charge in [-0.15, -0.1) is 0 Å². The zero-order chi connectivity index (χ0) is 20.3. The minimum absolute atomic E-state index is 0.0105. The van der Waals surface area contributed by atoms with Crippen molar-refractivity contribution < 1.29 is 27.8 Å². The highest BCUT2D eigenvalue weighted by atomic mass is 32.2. The van der Waals surface area contributed by atoms with Crippen LogP contribution in [0.3, 0.4) is 0 Å². The van der Waals surface area contributed by atoms with Crippen molar-refractivity contribution in [1.29, 1.82) is 0 Å². The average Bonchev–Trinajstić information content (AvgIpc) is 2.66. The quantitative estimate of drug-likeness (QED) is 0.781. The lowest BCUT2D eigenvalue weighted by molar-refractivity contribution is -0.155. The minimum Gasteiger partial charge on any atom is -0.489 e. The van der Waals surface area contributed by atoms with Crippen LogP contribution in [0, 0.1) is 0 Å². The van der Waals surface area contributed by atoms with E-state index in [-0.39, 0.29) is 11.4 Å². The Morgan fingerprint density at radius 2 is 1.86 bits per heavy atom. The first-order chi connectivity index (χ1) is 13.3. The topological polar surface area (TPSA) is 106 Å². The normalized spacial score (nSPS) is 23.3. The van der Waals surface area contributed by atoms with E-state index in [0.717, 1.165) is 9.87 Å². The third-order valence-electron chi connectivity index (χ3n) is 4.48. The van der Waals surface area contributed by atoms with Crippen molar-refractivity contribution in [3.05, 3.63) is 54.4 Å². The van der Waals surface area contributed by atoms with Crippen LogP contribution in [-0.2, 0) is 26.2 Å². The van der Waals surface area contributed by atoms with Gasteiger partial charge in [-0.25, -0.2) is 8.42 Å². The molecule has 8 nitrogen and oxygen atoms in total. The second-order valence-electron chi connectivity index (χ2n) is 6.63. The van der Waals surface area contributed by atoms with E-state index in [9.17, 15) is 18.3 Å². The van der Waals surface area contributed by atoms with Crippen LogP contribution in [0.5, 0.6) is 5.75 Å². The molecular weight excluding hydrogens is 384 g/mol. The summed E-state index contributed by atoms with van der Waals surface area (Å²) < 4.78 is 38.2. The van der Waals surface area contributed by atoms with E-state index in [2.05, 4.69) is 4.98 Å². The van der Waals surface area contributed by atoms with Crippen molar-refractivity contribution in [2.24, 2.45) is 0 Å². The van der Waals surface area contributed by atoms with Crippen LogP contribution in [0.4, 0.5) is 0 Å². The number of rotatable bonds is 6. The van der Waals surface area contributed by atoms with Crippen molar-refractivity contribution in [1.82, 2.24) is 9.29 Å². The number of carbonyl (C=O) groups is 1. The number of aromatic nitrogens is 1. The molecule has 3 atom stereocenters. The summed E-state index contributed by atoms with van der Waals surface area (Å²) in [5.74, 6) is -0.727. The van der Waals surface area contributed by atoms with Crippen LogP contribution in [0.1, 0.15) is 19.4 Å². The number of benzene rings is 1. The second kappa shape index (κ2) is 8.26. The lowest BCUT2D eigenvalue weighted by Crippen LogP contribution is -2.58. The number of sulfonamides is 1. The summed E-state index contributed by atoms with van der Waals surface area (Å²) in [6, 6.07) is 8.32. The Hall–Kier alpha value is -2.49. The van der Waals surface area contributed by atoms with Gasteiger partial charge in [-0.05, 0) is 55.8 Å². The molecule has 0 saturated carbocycles. The maximum atomic E-state index is 13.0. The predicted molar refractivity (Wildman–Crippen MR) is 100 cm³/mol. The fraction of sp³-hybridized carbons (Fsp3) is 0.368. The molecular formula is C19H22N2O6S. The largest absolute Gasteiger partial charge is 0.489 e. The van der Waals surface area contributed by atoms with E-state index in [4.69, 9.17) is 9.47 Å². The van der Waals surface area contributed by atoms with Gasteiger partial charge in [0.15, 0.2) is 0 Å². The maximum Gasteiger partial charge on any atom is 0.324 e. The number of morpholine rings is 1. The zero-order valence-corrected chi connectivity index (χ0v) is 16.4. The standard InChI is InChI=1S/C19H22N2O6S/c1-13-11-21(18(19(22)23)14(2)27-13)28(24,25)17-5-3-16(4-6-17)26-12-15-7-9-20-10-8-15/h3-10,13-14,18H,11-12H2,1-2H3,(H,22,23). The summed E-state index contributed by atoms with van der Waals surface area (Å²) in [5.41, 5.74) is 0.937.